The maximum absolute atomic E-state index is 12.7. The quantitative estimate of drug-likeness (QED) is 0.436. The zero-order valence-corrected chi connectivity index (χ0v) is 17.6. The number of aromatic nitrogens is 3. The molecule has 2 heterocycles. The fourth-order valence-electron chi connectivity index (χ4n) is 3.67. The van der Waals surface area contributed by atoms with E-state index in [1.165, 1.54) is 0 Å². The van der Waals surface area contributed by atoms with Gasteiger partial charge in [0, 0.05) is 16.9 Å². The third-order valence-electron chi connectivity index (χ3n) is 5.35. The van der Waals surface area contributed by atoms with Gasteiger partial charge in [-0.2, -0.15) is 5.26 Å². The fourth-order valence-corrected chi connectivity index (χ4v) is 3.67. The molecule has 3 aromatic carbocycles. The Bertz CT molecular complexity index is 1550. The van der Waals surface area contributed by atoms with Crippen molar-refractivity contribution in [2.45, 2.75) is 0 Å². The summed E-state index contributed by atoms with van der Waals surface area (Å²) in [6.07, 6.45) is 0. The van der Waals surface area contributed by atoms with Crippen LogP contribution in [0.5, 0.6) is 5.75 Å². The van der Waals surface area contributed by atoms with Gasteiger partial charge in [-0.15, -0.1) is 0 Å². The Balaban J connectivity index is 1.51. The van der Waals surface area contributed by atoms with Gasteiger partial charge >= 0.3 is 0 Å². The molecular weight excluding hydrogens is 416 g/mol. The fraction of sp³-hybridized carbons (Fsp3) is 0.0400. The molecule has 5 aromatic rings. The average molecular weight is 434 g/mol. The first-order chi connectivity index (χ1) is 16.1. The highest BCUT2D eigenvalue weighted by Gasteiger charge is 2.20. The summed E-state index contributed by atoms with van der Waals surface area (Å²) in [5, 5.41) is 12.5. The number of carbonyl (C=O) groups is 1. The van der Waals surface area contributed by atoms with Crippen molar-refractivity contribution in [2.75, 3.05) is 18.2 Å². The normalized spacial score (nSPS) is 10.8. The minimum atomic E-state index is -0.249. The number of methoxy groups -OCH3 is 1. The van der Waals surface area contributed by atoms with E-state index in [4.69, 9.17) is 15.5 Å². The Hall–Kier alpha value is -4.90. The smallest absolute Gasteiger partial charge is 0.255 e. The summed E-state index contributed by atoms with van der Waals surface area (Å²) >= 11 is 0. The van der Waals surface area contributed by atoms with Gasteiger partial charge in [0.1, 0.15) is 28.7 Å². The van der Waals surface area contributed by atoms with Gasteiger partial charge in [-0.25, -0.2) is 9.97 Å². The van der Waals surface area contributed by atoms with Gasteiger partial charge in [-0.1, -0.05) is 12.1 Å². The predicted octanol–water partition coefficient (Wildman–Crippen LogP) is 4.29. The number of nitrogen functional groups attached to an aromatic ring is 1. The summed E-state index contributed by atoms with van der Waals surface area (Å²) in [5.41, 5.74) is 10.7. The summed E-state index contributed by atoms with van der Waals surface area (Å²) in [6, 6.07) is 23.6. The Kier molecular flexibility index (Phi) is 4.84. The molecule has 0 aliphatic rings. The SMILES string of the molecule is COc1ccc(NC(=O)c2ccc(-n3c(N)c(C#N)c4nc5ccccc5nc43)cc2)cc1. The molecule has 0 aliphatic carbocycles. The number of ether oxygens (including phenoxy) is 1. The van der Waals surface area contributed by atoms with Gasteiger partial charge in [0.15, 0.2) is 5.65 Å². The molecule has 0 fully saturated rings. The Morgan fingerprint density at radius 1 is 1.00 bits per heavy atom. The number of para-hydroxylation sites is 2. The lowest BCUT2D eigenvalue weighted by Crippen LogP contribution is -2.12. The molecule has 3 N–H and O–H groups in total. The largest absolute Gasteiger partial charge is 0.497 e. The Morgan fingerprint density at radius 2 is 1.67 bits per heavy atom. The molecule has 0 unspecified atom stereocenters. The molecule has 0 spiro atoms. The van der Waals surface area contributed by atoms with E-state index in [-0.39, 0.29) is 17.3 Å². The highest BCUT2D eigenvalue weighted by molar-refractivity contribution is 6.04. The van der Waals surface area contributed by atoms with Crippen LogP contribution < -0.4 is 15.8 Å². The van der Waals surface area contributed by atoms with E-state index in [1.54, 1.807) is 60.2 Å². The summed E-state index contributed by atoms with van der Waals surface area (Å²) < 4.78 is 6.81. The minimum Gasteiger partial charge on any atom is -0.497 e. The molecule has 33 heavy (non-hydrogen) atoms. The topological polar surface area (TPSA) is 119 Å². The number of nitriles is 1. The number of fused-ring (bicyclic) bond motifs is 2. The zero-order chi connectivity index (χ0) is 22.9. The first-order valence-corrected chi connectivity index (χ1v) is 10.1. The molecule has 8 nitrogen and oxygen atoms in total. The van der Waals surface area contributed by atoms with Crippen LogP contribution in [-0.4, -0.2) is 27.6 Å². The average Bonchev–Trinajstić information content (AvgIpc) is 3.12. The van der Waals surface area contributed by atoms with Crippen LogP contribution in [0.15, 0.2) is 72.8 Å². The van der Waals surface area contributed by atoms with Crippen molar-refractivity contribution in [3.05, 3.63) is 83.9 Å². The second-order valence-electron chi connectivity index (χ2n) is 7.32. The standard InChI is InChI=1S/C25H18N6O2/c1-33-18-12-8-16(9-13-18)28-25(32)15-6-10-17(11-7-15)31-23(27)19(14-26)22-24(31)30-21-5-3-2-4-20(21)29-22/h2-13H,27H2,1H3,(H,28,32). The number of nitrogens with zero attached hydrogens (tertiary/aromatic N) is 4. The molecule has 0 aliphatic heterocycles. The number of benzene rings is 3. The second kappa shape index (κ2) is 7.98. The van der Waals surface area contributed by atoms with Crippen molar-refractivity contribution < 1.29 is 9.53 Å². The summed E-state index contributed by atoms with van der Waals surface area (Å²) in [5.74, 6) is 0.709. The van der Waals surface area contributed by atoms with Crippen LogP contribution in [-0.2, 0) is 0 Å². The monoisotopic (exact) mass is 434 g/mol. The third-order valence-corrected chi connectivity index (χ3v) is 5.35. The lowest BCUT2D eigenvalue weighted by Gasteiger charge is -2.10. The molecule has 0 radical (unpaired) electrons. The Morgan fingerprint density at radius 3 is 2.30 bits per heavy atom. The van der Waals surface area contributed by atoms with Gasteiger partial charge < -0.3 is 15.8 Å². The van der Waals surface area contributed by atoms with Gasteiger partial charge in [-0.3, -0.25) is 9.36 Å². The minimum absolute atomic E-state index is 0.248. The van der Waals surface area contributed by atoms with Crippen molar-refractivity contribution in [2.24, 2.45) is 0 Å². The number of nitrogens with one attached hydrogen (secondary N) is 1. The van der Waals surface area contributed by atoms with Crippen molar-refractivity contribution in [1.82, 2.24) is 14.5 Å². The molecular formula is C25H18N6O2. The highest BCUT2D eigenvalue weighted by atomic mass is 16.5. The molecule has 5 rings (SSSR count). The van der Waals surface area contributed by atoms with E-state index in [0.717, 1.165) is 0 Å². The van der Waals surface area contributed by atoms with Crippen LogP contribution in [0.3, 0.4) is 0 Å². The van der Waals surface area contributed by atoms with Crippen LogP contribution in [0.25, 0.3) is 27.9 Å². The van der Waals surface area contributed by atoms with Crippen molar-refractivity contribution in [3.8, 4) is 17.5 Å². The molecule has 8 heteroatoms. The lowest BCUT2D eigenvalue weighted by atomic mass is 10.2. The molecule has 160 valence electrons. The molecule has 2 aromatic heterocycles. The first-order valence-electron chi connectivity index (χ1n) is 10.1. The number of hydrogen-bond donors (Lipinski definition) is 2. The van der Waals surface area contributed by atoms with E-state index in [9.17, 15) is 10.1 Å². The van der Waals surface area contributed by atoms with Gasteiger partial charge in [-0.05, 0) is 60.7 Å². The van der Waals surface area contributed by atoms with Crippen LogP contribution in [0.1, 0.15) is 15.9 Å². The molecule has 1 amide bonds. The number of nitrogens with two attached hydrogens (primary N) is 1. The summed E-state index contributed by atoms with van der Waals surface area (Å²) in [4.78, 5) is 21.9. The number of anilines is 2. The molecule has 0 bridgehead atoms. The maximum atomic E-state index is 12.7. The summed E-state index contributed by atoms with van der Waals surface area (Å²) in [6.45, 7) is 0. The van der Waals surface area contributed by atoms with Gasteiger partial charge in [0.2, 0.25) is 0 Å². The number of hydrogen-bond acceptors (Lipinski definition) is 6. The van der Waals surface area contributed by atoms with Crippen LogP contribution in [0.4, 0.5) is 11.5 Å². The van der Waals surface area contributed by atoms with Crippen LogP contribution in [0, 0.1) is 11.3 Å². The summed E-state index contributed by atoms with van der Waals surface area (Å²) in [7, 11) is 1.59. The molecule has 0 saturated carbocycles. The third kappa shape index (κ3) is 3.47. The first kappa shape index (κ1) is 20.0. The molecule has 0 saturated heterocycles. The lowest BCUT2D eigenvalue weighted by molar-refractivity contribution is 0.102. The Labute approximate surface area is 188 Å². The van der Waals surface area contributed by atoms with E-state index in [0.29, 0.717) is 44.9 Å². The number of rotatable bonds is 4. The van der Waals surface area contributed by atoms with E-state index < -0.39 is 0 Å². The van der Waals surface area contributed by atoms with E-state index >= 15 is 0 Å². The van der Waals surface area contributed by atoms with Gasteiger partial charge in [0.05, 0.1) is 18.1 Å². The van der Waals surface area contributed by atoms with Crippen molar-refractivity contribution in [1.29, 1.82) is 5.26 Å². The van der Waals surface area contributed by atoms with Gasteiger partial charge in [0.25, 0.3) is 5.91 Å². The van der Waals surface area contributed by atoms with Crippen molar-refractivity contribution >= 4 is 39.6 Å². The molecule has 0 atom stereocenters. The van der Waals surface area contributed by atoms with Crippen LogP contribution in [0.2, 0.25) is 0 Å². The highest BCUT2D eigenvalue weighted by Crippen LogP contribution is 2.30. The zero-order valence-electron chi connectivity index (χ0n) is 17.6. The number of carbonyl (C=O) groups excluding carboxylic acids is 1. The number of amides is 1. The maximum Gasteiger partial charge on any atom is 0.255 e. The second-order valence-corrected chi connectivity index (χ2v) is 7.32. The van der Waals surface area contributed by atoms with E-state index in [1.807, 2.05) is 24.3 Å². The van der Waals surface area contributed by atoms with E-state index in [2.05, 4.69) is 16.4 Å². The van der Waals surface area contributed by atoms with Crippen molar-refractivity contribution in [3.63, 3.8) is 0 Å². The predicted molar refractivity (Wildman–Crippen MR) is 126 cm³/mol. The van der Waals surface area contributed by atoms with Crippen LogP contribution >= 0.6 is 0 Å².